The predicted molar refractivity (Wildman–Crippen MR) is 114 cm³/mol. The molecule has 2 aromatic rings. The first-order valence-corrected chi connectivity index (χ1v) is 10.4. The van der Waals surface area contributed by atoms with Gasteiger partial charge >= 0.3 is 6.03 Å². The van der Waals surface area contributed by atoms with Gasteiger partial charge in [-0.2, -0.15) is 0 Å². The summed E-state index contributed by atoms with van der Waals surface area (Å²) in [5.41, 5.74) is 2.74. The lowest BCUT2D eigenvalue weighted by Crippen LogP contribution is -2.46. The second-order valence-electron chi connectivity index (χ2n) is 7.56. The summed E-state index contributed by atoms with van der Waals surface area (Å²) in [5.74, 6) is -0.952. The normalized spacial score (nSPS) is 18.3. The summed E-state index contributed by atoms with van der Waals surface area (Å²) in [4.78, 5) is 50.4. The second kappa shape index (κ2) is 8.77. The van der Waals surface area contributed by atoms with Crippen LogP contribution in [0, 0.1) is 0 Å². The monoisotopic (exact) mass is 440 g/mol. The van der Waals surface area contributed by atoms with E-state index >= 15 is 0 Å². The molecular formula is C22H21ClN4O4. The van der Waals surface area contributed by atoms with Crippen LogP contribution in [0.4, 0.5) is 10.5 Å². The van der Waals surface area contributed by atoms with Gasteiger partial charge in [-0.15, -0.1) is 0 Å². The number of rotatable bonds is 4. The molecule has 0 saturated carbocycles. The van der Waals surface area contributed by atoms with Gasteiger partial charge in [0, 0.05) is 35.8 Å². The van der Waals surface area contributed by atoms with Crippen LogP contribution in [-0.4, -0.2) is 34.7 Å². The third-order valence-corrected chi connectivity index (χ3v) is 5.60. The van der Waals surface area contributed by atoms with E-state index in [2.05, 4.69) is 16.0 Å². The van der Waals surface area contributed by atoms with Crippen LogP contribution in [0.2, 0.25) is 5.02 Å². The third-order valence-electron chi connectivity index (χ3n) is 5.36. The first kappa shape index (κ1) is 20.9. The number of urea groups is 1. The Morgan fingerprint density at radius 2 is 2.00 bits per heavy atom. The molecule has 0 unspecified atom stereocenters. The van der Waals surface area contributed by atoms with Gasteiger partial charge in [-0.1, -0.05) is 29.8 Å². The second-order valence-corrected chi connectivity index (χ2v) is 8.00. The highest BCUT2D eigenvalue weighted by atomic mass is 35.5. The van der Waals surface area contributed by atoms with Crippen molar-refractivity contribution in [2.75, 3.05) is 5.32 Å². The molecule has 2 aliphatic heterocycles. The number of hydrogen-bond acceptors (Lipinski definition) is 4. The van der Waals surface area contributed by atoms with Crippen LogP contribution in [-0.2, 0) is 22.7 Å². The number of nitrogens with zero attached hydrogens (tertiary/aromatic N) is 1. The first-order chi connectivity index (χ1) is 14.9. The fraction of sp³-hybridized carbons (Fsp3) is 0.273. The number of amides is 5. The van der Waals surface area contributed by atoms with Crippen LogP contribution in [0.1, 0.15) is 40.7 Å². The molecule has 2 aliphatic rings. The fourth-order valence-corrected chi connectivity index (χ4v) is 4.04. The van der Waals surface area contributed by atoms with Crippen LogP contribution < -0.4 is 16.0 Å². The van der Waals surface area contributed by atoms with Crippen molar-refractivity contribution in [1.29, 1.82) is 0 Å². The first-order valence-electron chi connectivity index (χ1n) is 9.97. The molecule has 3 N–H and O–H groups in total. The number of hydrogen-bond donors (Lipinski definition) is 3. The van der Waals surface area contributed by atoms with E-state index in [1.165, 1.54) is 4.90 Å². The SMILES string of the molecule is O=C1CCC[C@H](N2Cc3cc(CNC(=O)Nc4cccc(Cl)c4)ccc3C2=O)C(=O)N1. The van der Waals surface area contributed by atoms with Crippen molar-refractivity contribution in [2.24, 2.45) is 0 Å². The summed E-state index contributed by atoms with van der Waals surface area (Å²) < 4.78 is 0. The molecule has 2 aromatic carbocycles. The number of carbonyl (C=O) groups is 4. The van der Waals surface area contributed by atoms with Gasteiger partial charge in [0.15, 0.2) is 0 Å². The van der Waals surface area contributed by atoms with Gasteiger partial charge in [-0.25, -0.2) is 4.79 Å². The summed E-state index contributed by atoms with van der Waals surface area (Å²) in [6, 6.07) is 11.2. The van der Waals surface area contributed by atoms with Crippen LogP contribution >= 0.6 is 11.6 Å². The lowest BCUT2D eigenvalue weighted by Gasteiger charge is -2.24. The van der Waals surface area contributed by atoms with E-state index < -0.39 is 11.9 Å². The van der Waals surface area contributed by atoms with Gasteiger partial charge in [0.2, 0.25) is 11.8 Å². The number of anilines is 1. The van der Waals surface area contributed by atoms with E-state index in [0.717, 1.165) is 11.1 Å². The Morgan fingerprint density at radius 3 is 2.81 bits per heavy atom. The van der Waals surface area contributed by atoms with Crippen LogP contribution in [0.25, 0.3) is 0 Å². The summed E-state index contributed by atoms with van der Waals surface area (Å²) in [7, 11) is 0. The molecule has 0 aliphatic carbocycles. The number of carbonyl (C=O) groups excluding carboxylic acids is 4. The maximum Gasteiger partial charge on any atom is 0.319 e. The topological polar surface area (TPSA) is 108 Å². The van der Waals surface area contributed by atoms with E-state index in [4.69, 9.17) is 11.6 Å². The van der Waals surface area contributed by atoms with E-state index in [0.29, 0.717) is 35.7 Å². The third kappa shape index (κ3) is 4.69. The van der Waals surface area contributed by atoms with Crippen molar-refractivity contribution in [3.63, 3.8) is 0 Å². The molecule has 160 valence electrons. The average molecular weight is 441 g/mol. The quantitative estimate of drug-likeness (QED) is 0.635. The molecule has 1 saturated heterocycles. The van der Waals surface area contributed by atoms with Crippen LogP contribution in [0.5, 0.6) is 0 Å². The molecular weight excluding hydrogens is 420 g/mol. The van der Waals surface area contributed by atoms with E-state index in [1.807, 2.05) is 6.07 Å². The Morgan fingerprint density at radius 1 is 1.16 bits per heavy atom. The van der Waals surface area contributed by atoms with Crippen molar-refractivity contribution in [3.05, 3.63) is 64.2 Å². The molecule has 5 amide bonds. The zero-order valence-electron chi connectivity index (χ0n) is 16.6. The van der Waals surface area contributed by atoms with Gasteiger partial charge in [-0.05, 0) is 48.2 Å². The minimum Gasteiger partial charge on any atom is -0.334 e. The molecule has 9 heteroatoms. The maximum atomic E-state index is 12.8. The average Bonchev–Trinajstić information content (AvgIpc) is 2.94. The molecule has 0 spiro atoms. The molecule has 0 aromatic heterocycles. The number of fused-ring (bicyclic) bond motifs is 1. The van der Waals surface area contributed by atoms with E-state index in [9.17, 15) is 19.2 Å². The van der Waals surface area contributed by atoms with Gasteiger partial charge in [-0.3, -0.25) is 19.7 Å². The van der Waals surface area contributed by atoms with Gasteiger partial charge in [0.1, 0.15) is 6.04 Å². The van der Waals surface area contributed by atoms with Gasteiger partial charge in [0.25, 0.3) is 5.91 Å². The highest BCUT2D eigenvalue weighted by Crippen LogP contribution is 2.28. The van der Waals surface area contributed by atoms with Crippen molar-refractivity contribution >= 4 is 41.0 Å². The number of imide groups is 1. The van der Waals surface area contributed by atoms with Crippen molar-refractivity contribution in [2.45, 2.75) is 38.4 Å². The Labute approximate surface area is 183 Å². The molecule has 1 atom stereocenters. The van der Waals surface area contributed by atoms with Gasteiger partial charge in [0.05, 0.1) is 0 Å². The van der Waals surface area contributed by atoms with Crippen molar-refractivity contribution < 1.29 is 19.2 Å². The standard InChI is InChI=1S/C22H21ClN4O4/c23-15-3-1-4-16(10-15)25-22(31)24-11-13-7-8-17-14(9-13)12-27(21(17)30)18-5-2-6-19(28)26-20(18)29/h1,3-4,7-10,18H,2,5-6,11-12H2,(H2,24,25,31)(H,26,28,29)/t18-/m0/s1. The number of halogens is 1. The van der Waals surface area contributed by atoms with E-state index in [-0.39, 0.29) is 30.8 Å². The minimum atomic E-state index is -0.656. The Bertz CT molecular complexity index is 1070. The highest BCUT2D eigenvalue weighted by molar-refractivity contribution is 6.30. The lowest BCUT2D eigenvalue weighted by atomic mass is 10.1. The molecule has 31 heavy (non-hydrogen) atoms. The molecule has 0 bridgehead atoms. The minimum absolute atomic E-state index is 0.220. The summed E-state index contributed by atoms with van der Waals surface area (Å²) in [5, 5.41) is 8.35. The molecule has 2 heterocycles. The Balaban J connectivity index is 1.39. The van der Waals surface area contributed by atoms with Crippen molar-refractivity contribution in [1.82, 2.24) is 15.5 Å². The maximum absolute atomic E-state index is 12.8. The molecule has 4 rings (SSSR count). The molecule has 8 nitrogen and oxygen atoms in total. The fourth-order valence-electron chi connectivity index (χ4n) is 3.85. The van der Waals surface area contributed by atoms with Gasteiger partial charge < -0.3 is 15.5 Å². The molecule has 1 fully saturated rings. The Hall–Kier alpha value is -3.39. The zero-order valence-corrected chi connectivity index (χ0v) is 17.4. The summed E-state index contributed by atoms with van der Waals surface area (Å²) in [6.45, 7) is 0.565. The van der Waals surface area contributed by atoms with E-state index in [1.54, 1.807) is 36.4 Å². The van der Waals surface area contributed by atoms with Crippen LogP contribution in [0.3, 0.4) is 0 Å². The molecule has 0 radical (unpaired) electrons. The smallest absolute Gasteiger partial charge is 0.319 e. The lowest BCUT2D eigenvalue weighted by molar-refractivity contribution is -0.132. The highest BCUT2D eigenvalue weighted by Gasteiger charge is 2.37. The summed E-state index contributed by atoms with van der Waals surface area (Å²) >= 11 is 5.92. The zero-order chi connectivity index (χ0) is 22.0. The summed E-state index contributed by atoms with van der Waals surface area (Å²) in [6.07, 6.45) is 1.29. The Kier molecular flexibility index (Phi) is 5.90. The number of benzene rings is 2. The van der Waals surface area contributed by atoms with Crippen LogP contribution in [0.15, 0.2) is 42.5 Å². The largest absolute Gasteiger partial charge is 0.334 e. The predicted octanol–water partition coefficient (Wildman–Crippen LogP) is 2.81. The number of nitrogens with one attached hydrogen (secondary N) is 3. The van der Waals surface area contributed by atoms with Crippen molar-refractivity contribution in [3.8, 4) is 0 Å².